The Bertz CT molecular complexity index is 811. The van der Waals surface area contributed by atoms with Crippen LogP contribution in [0.15, 0.2) is 6.07 Å². The van der Waals surface area contributed by atoms with Crippen LogP contribution >= 0.6 is 0 Å². The van der Waals surface area contributed by atoms with Gasteiger partial charge in [0.15, 0.2) is 11.5 Å². The van der Waals surface area contributed by atoms with E-state index < -0.39 is 66.0 Å². The molecule has 32 heavy (non-hydrogen) atoms. The summed E-state index contributed by atoms with van der Waals surface area (Å²) in [6.07, 6.45) is -22.8. The molecule has 0 aliphatic heterocycles. The van der Waals surface area contributed by atoms with Gasteiger partial charge in [0.2, 0.25) is 5.75 Å². The minimum Gasteiger partial charge on any atom is -0.405 e. The van der Waals surface area contributed by atoms with Gasteiger partial charge in [-0.1, -0.05) is 0 Å². The van der Waals surface area contributed by atoms with Crippen LogP contribution in [-0.2, 0) is 0 Å². The van der Waals surface area contributed by atoms with Crippen LogP contribution in [0.4, 0.5) is 52.7 Å². The zero-order chi connectivity index (χ0) is 24.7. The number of benzene rings is 1. The maximum Gasteiger partial charge on any atom is 0.573 e. The van der Waals surface area contributed by atoms with E-state index in [2.05, 4.69) is 24.3 Å². The zero-order valence-electron chi connectivity index (χ0n) is 15.3. The van der Waals surface area contributed by atoms with E-state index in [0.717, 1.165) is 7.05 Å². The second-order valence-electron chi connectivity index (χ2n) is 6.24. The summed E-state index contributed by atoms with van der Waals surface area (Å²) in [5.74, 6) is -9.04. The molecule has 0 bridgehead atoms. The third kappa shape index (κ3) is 7.59. The Morgan fingerprint density at radius 3 is 1.47 bits per heavy atom. The highest BCUT2D eigenvalue weighted by Gasteiger charge is 2.47. The monoisotopic (exact) mass is 497 g/mol. The number of hydrogen-bond donors (Lipinski definition) is 1. The van der Waals surface area contributed by atoms with Crippen LogP contribution in [0.2, 0.25) is 0 Å². The summed E-state index contributed by atoms with van der Waals surface area (Å²) in [4.78, 5) is 0. The lowest BCUT2D eigenvalue weighted by atomic mass is 9.99. The van der Waals surface area contributed by atoms with Crippen LogP contribution in [0, 0.1) is 5.92 Å². The number of hydrogen-bond acceptors (Lipinski definition) is 5. The Kier molecular flexibility index (Phi) is 6.83. The van der Waals surface area contributed by atoms with Gasteiger partial charge in [-0.05, 0) is 25.8 Å². The van der Waals surface area contributed by atoms with Crippen LogP contribution < -0.4 is 24.3 Å². The standard InChI is InChI=1S/C15H11F12NO4/c1-28-9(5-2-3-5)8-6(29-12(16,17)18)4-7(30-13(19,20)21)10(31-14(22,23)24)11(8)32-15(25,26)27/h4-5,9,28H,2-3H2,1H3. The molecule has 0 amide bonds. The molecule has 1 N–H and O–H groups in total. The molecule has 1 saturated carbocycles. The number of alkyl halides is 12. The highest BCUT2D eigenvalue weighted by molar-refractivity contribution is 5.63. The van der Waals surface area contributed by atoms with Crippen LogP contribution in [0.3, 0.4) is 0 Å². The lowest BCUT2D eigenvalue weighted by molar-refractivity contribution is -0.294. The van der Waals surface area contributed by atoms with Crippen molar-refractivity contribution < 1.29 is 71.6 Å². The number of ether oxygens (including phenoxy) is 4. The Labute approximate surface area is 170 Å². The molecule has 0 saturated heterocycles. The highest BCUT2D eigenvalue weighted by atomic mass is 19.4. The van der Waals surface area contributed by atoms with Gasteiger partial charge in [0.05, 0.1) is 5.56 Å². The third-order valence-corrected chi connectivity index (χ3v) is 3.80. The minimum absolute atomic E-state index is 0.221. The SMILES string of the molecule is CNC(c1c(OC(F)(F)F)cc(OC(F)(F)F)c(OC(F)(F)F)c1OC(F)(F)F)C1CC1. The summed E-state index contributed by atoms with van der Waals surface area (Å²) >= 11 is 0. The zero-order valence-corrected chi connectivity index (χ0v) is 15.3. The average Bonchev–Trinajstić information content (AvgIpc) is 3.33. The molecule has 1 aliphatic rings. The first-order valence-corrected chi connectivity index (χ1v) is 8.21. The van der Waals surface area contributed by atoms with E-state index in [9.17, 15) is 52.7 Å². The molecule has 1 aromatic carbocycles. The van der Waals surface area contributed by atoms with Crippen molar-refractivity contribution >= 4 is 0 Å². The molecule has 184 valence electrons. The van der Waals surface area contributed by atoms with Gasteiger partial charge in [-0.15, -0.1) is 52.7 Å². The Hall–Kier alpha value is -2.46. The van der Waals surface area contributed by atoms with Gasteiger partial charge in [0.25, 0.3) is 0 Å². The molecule has 17 heteroatoms. The molecule has 0 aromatic heterocycles. The number of nitrogens with one attached hydrogen (secondary N) is 1. The van der Waals surface area contributed by atoms with E-state index in [4.69, 9.17) is 0 Å². The van der Waals surface area contributed by atoms with E-state index in [0.29, 0.717) is 0 Å². The molecule has 2 rings (SSSR count). The summed E-state index contributed by atoms with van der Waals surface area (Å²) in [5, 5.41) is 2.30. The van der Waals surface area contributed by atoms with E-state index in [1.54, 1.807) is 0 Å². The molecule has 1 aromatic rings. The van der Waals surface area contributed by atoms with Crippen molar-refractivity contribution in [3.8, 4) is 23.0 Å². The molecule has 5 nitrogen and oxygen atoms in total. The molecule has 0 spiro atoms. The van der Waals surface area contributed by atoms with Crippen molar-refractivity contribution in [2.24, 2.45) is 5.92 Å². The minimum atomic E-state index is -5.88. The molecule has 1 unspecified atom stereocenters. The topological polar surface area (TPSA) is 49.0 Å². The summed E-state index contributed by atoms with van der Waals surface area (Å²) < 4.78 is 167. The summed E-state index contributed by atoms with van der Waals surface area (Å²) in [6, 6.07) is -1.85. The van der Waals surface area contributed by atoms with Crippen LogP contribution in [-0.4, -0.2) is 32.5 Å². The normalized spacial score (nSPS) is 16.5. The first-order valence-electron chi connectivity index (χ1n) is 8.21. The predicted molar refractivity (Wildman–Crippen MR) is 77.7 cm³/mol. The van der Waals surface area contributed by atoms with Crippen molar-refractivity contribution in [1.82, 2.24) is 5.32 Å². The van der Waals surface area contributed by atoms with Crippen LogP contribution in [0.1, 0.15) is 24.4 Å². The van der Waals surface area contributed by atoms with Crippen molar-refractivity contribution in [3.05, 3.63) is 11.6 Å². The maximum atomic E-state index is 13.0. The number of halogens is 12. The third-order valence-electron chi connectivity index (χ3n) is 3.80. The first kappa shape index (κ1) is 25.8. The lowest BCUT2D eigenvalue weighted by Crippen LogP contribution is -2.28. The Balaban J connectivity index is 2.90. The van der Waals surface area contributed by atoms with Crippen molar-refractivity contribution in [1.29, 1.82) is 0 Å². The van der Waals surface area contributed by atoms with Gasteiger partial charge in [0, 0.05) is 12.1 Å². The van der Waals surface area contributed by atoms with E-state index in [-0.39, 0.29) is 18.9 Å². The first-order chi connectivity index (χ1) is 14.3. The predicted octanol–water partition coefficient (Wildman–Crippen LogP) is 5.95. The highest BCUT2D eigenvalue weighted by Crippen LogP contribution is 2.56. The maximum absolute atomic E-state index is 13.0. The number of rotatable bonds is 7. The van der Waals surface area contributed by atoms with Crippen molar-refractivity contribution in [2.45, 2.75) is 44.3 Å². The molecule has 0 heterocycles. The van der Waals surface area contributed by atoms with E-state index in [1.807, 2.05) is 0 Å². The molecule has 1 aliphatic carbocycles. The quantitative estimate of drug-likeness (QED) is 0.472. The van der Waals surface area contributed by atoms with Gasteiger partial charge in [0.1, 0.15) is 5.75 Å². The van der Waals surface area contributed by atoms with Gasteiger partial charge >= 0.3 is 25.4 Å². The fourth-order valence-electron chi connectivity index (χ4n) is 2.79. The molecule has 1 atom stereocenters. The lowest BCUT2D eigenvalue weighted by Gasteiger charge is -2.27. The van der Waals surface area contributed by atoms with Crippen LogP contribution in [0.25, 0.3) is 0 Å². The van der Waals surface area contributed by atoms with Gasteiger partial charge in [-0.25, -0.2) is 0 Å². The Morgan fingerprint density at radius 1 is 0.688 bits per heavy atom. The van der Waals surface area contributed by atoms with Crippen LogP contribution in [0.5, 0.6) is 23.0 Å². The fourth-order valence-corrected chi connectivity index (χ4v) is 2.79. The molecule has 0 radical (unpaired) electrons. The summed E-state index contributed by atoms with van der Waals surface area (Å²) in [6.45, 7) is 0. The van der Waals surface area contributed by atoms with Gasteiger partial charge < -0.3 is 24.3 Å². The van der Waals surface area contributed by atoms with Crippen molar-refractivity contribution in [3.63, 3.8) is 0 Å². The van der Waals surface area contributed by atoms with Gasteiger partial charge in [-0.3, -0.25) is 0 Å². The second-order valence-corrected chi connectivity index (χ2v) is 6.24. The second kappa shape index (κ2) is 8.47. The smallest absolute Gasteiger partial charge is 0.405 e. The molecular formula is C15H11F12NO4. The summed E-state index contributed by atoms with van der Waals surface area (Å²) in [5.41, 5.74) is -1.29. The average molecular weight is 497 g/mol. The largest absolute Gasteiger partial charge is 0.573 e. The van der Waals surface area contributed by atoms with E-state index in [1.165, 1.54) is 0 Å². The fraction of sp³-hybridized carbons (Fsp3) is 0.600. The summed E-state index contributed by atoms with van der Waals surface area (Å²) in [7, 11) is 1.04. The Morgan fingerprint density at radius 2 is 1.09 bits per heavy atom. The molecular weight excluding hydrogens is 486 g/mol. The van der Waals surface area contributed by atoms with Gasteiger partial charge in [-0.2, -0.15) is 0 Å². The van der Waals surface area contributed by atoms with E-state index >= 15 is 0 Å². The molecule has 1 fully saturated rings. The van der Waals surface area contributed by atoms with Crippen molar-refractivity contribution in [2.75, 3.05) is 7.05 Å².